The van der Waals surface area contributed by atoms with Crippen LogP contribution in [0.3, 0.4) is 0 Å². The Labute approximate surface area is 134 Å². The summed E-state index contributed by atoms with van der Waals surface area (Å²) in [6.45, 7) is 8.90. The van der Waals surface area contributed by atoms with Crippen molar-refractivity contribution in [3.05, 3.63) is 0 Å². The van der Waals surface area contributed by atoms with Gasteiger partial charge in [0, 0.05) is 18.5 Å². The molecule has 1 fully saturated rings. The molecule has 0 radical (unpaired) electrons. The molecule has 1 rings (SSSR count). The molecule has 22 heavy (non-hydrogen) atoms. The zero-order valence-electron chi connectivity index (χ0n) is 13.9. The molecule has 0 aliphatic carbocycles. The van der Waals surface area contributed by atoms with Crippen LogP contribution >= 0.6 is 0 Å². The Morgan fingerprint density at radius 3 is 2.55 bits per heavy atom. The minimum Gasteiger partial charge on any atom is -0.394 e. The fraction of sp³-hybridized carbons (Fsp3) is 0.800. The van der Waals surface area contributed by atoms with Crippen molar-refractivity contribution in [2.24, 2.45) is 11.1 Å². The number of piperidine rings is 1. The first-order valence-corrected chi connectivity index (χ1v) is 9.53. The molecule has 0 spiro atoms. The van der Waals surface area contributed by atoms with Crippen LogP contribution in [0.25, 0.3) is 0 Å². The zero-order valence-corrected chi connectivity index (χ0v) is 14.7. The van der Waals surface area contributed by atoms with Crippen molar-refractivity contribution in [1.29, 1.82) is 0 Å². The van der Waals surface area contributed by atoms with Crippen LogP contribution in [0.1, 0.15) is 33.6 Å². The number of nitrogens with one attached hydrogen (secondary N) is 1. The monoisotopic (exact) mass is 329 g/mol. The summed E-state index contributed by atoms with van der Waals surface area (Å²) >= 11 is 0. The molecular weight excluding hydrogens is 302 g/mol. The molecule has 1 aliphatic rings. The summed E-state index contributed by atoms with van der Waals surface area (Å²) in [5.41, 5.74) is 0.763. The van der Waals surface area contributed by atoms with Crippen molar-refractivity contribution in [2.45, 2.75) is 39.7 Å². The molecule has 7 heteroatoms. The van der Waals surface area contributed by atoms with Gasteiger partial charge in [-0.3, -0.25) is 4.90 Å². The minimum absolute atomic E-state index is 0.0533. The Kier molecular flexibility index (Phi) is 7.87. The van der Waals surface area contributed by atoms with Crippen molar-refractivity contribution >= 4 is 15.7 Å². The highest BCUT2D eigenvalue weighted by Crippen LogP contribution is 2.10. The lowest BCUT2D eigenvalue weighted by atomic mass is 10.1. The molecule has 0 bridgehead atoms. The molecule has 0 atom stereocenters. The number of likely N-dealkylation sites (tertiary alicyclic amines) is 1. The zero-order chi connectivity index (χ0) is 16.6. The summed E-state index contributed by atoms with van der Waals surface area (Å²) in [4.78, 5) is 7.61. The lowest BCUT2D eigenvalue weighted by Crippen LogP contribution is -2.45. The second kappa shape index (κ2) is 9.13. The van der Waals surface area contributed by atoms with E-state index in [1.54, 1.807) is 6.92 Å². The number of oxime groups is 1. The van der Waals surface area contributed by atoms with E-state index in [-0.39, 0.29) is 12.0 Å². The smallest absolute Gasteiger partial charge is 0.208 e. The van der Waals surface area contributed by atoms with Crippen LogP contribution in [-0.4, -0.2) is 57.6 Å². The molecule has 0 amide bonds. The van der Waals surface area contributed by atoms with Gasteiger partial charge in [-0.1, -0.05) is 24.9 Å². The van der Waals surface area contributed by atoms with Crippen molar-refractivity contribution in [3.63, 3.8) is 0 Å². The molecule has 0 aromatic carbocycles. The van der Waals surface area contributed by atoms with Crippen LogP contribution in [0.2, 0.25) is 0 Å². The summed E-state index contributed by atoms with van der Waals surface area (Å²) in [6.07, 6.45) is 2.86. The molecular formula is C15H27N3O3S. The molecule has 0 aromatic rings. The van der Waals surface area contributed by atoms with Gasteiger partial charge < -0.3 is 4.84 Å². The fourth-order valence-corrected chi connectivity index (χ4v) is 3.10. The van der Waals surface area contributed by atoms with E-state index < -0.39 is 10.0 Å². The Hall–Kier alpha value is -1.10. The Morgan fingerprint density at radius 2 is 2.05 bits per heavy atom. The lowest BCUT2D eigenvalue weighted by Gasteiger charge is -2.31. The Balaban J connectivity index is 2.27. The van der Waals surface area contributed by atoms with Crippen LogP contribution in [0.15, 0.2) is 5.16 Å². The topological polar surface area (TPSA) is 71.0 Å². The largest absolute Gasteiger partial charge is 0.394 e. The normalized spacial score (nSPS) is 18.1. The van der Waals surface area contributed by atoms with Gasteiger partial charge in [0.2, 0.25) is 10.0 Å². The van der Waals surface area contributed by atoms with E-state index in [1.165, 1.54) is 6.26 Å². The minimum atomic E-state index is -3.11. The predicted octanol–water partition coefficient (Wildman–Crippen LogP) is 1.05. The number of nitrogens with zero attached hydrogens (tertiary/aromatic N) is 2. The summed E-state index contributed by atoms with van der Waals surface area (Å²) in [5.74, 6) is 6.03. The number of rotatable bonds is 7. The average molecular weight is 329 g/mol. The number of hydrogen-bond donors (Lipinski definition) is 1. The molecule has 0 unspecified atom stereocenters. The second-order valence-corrected chi connectivity index (χ2v) is 7.63. The Bertz CT molecular complexity index is 524. The van der Waals surface area contributed by atoms with E-state index in [2.05, 4.69) is 26.6 Å². The first-order valence-electron chi connectivity index (χ1n) is 7.64. The summed E-state index contributed by atoms with van der Waals surface area (Å²) in [5, 5.41) is 4.09. The van der Waals surface area contributed by atoms with Crippen molar-refractivity contribution in [1.82, 2.24) is 9.62 Å². The van der Waals surface area contributed by atoms with Crippen molar-refractivity contribution in [2.75, 3.05) is 32.5 Å². The number of sulfonamides is 1. The van der Waals surface area contributed by atoms with E-state index in [4.69, 9.17) is 4.84 Å². The van der Waals surface area contributed by atoms with Crippen LogP contribution in [0.5, 0.6) is 0 Å². The first kappa shape index (κ1) is 18.9. The molecule has 1 aliphatic heterocycles. The first-order chi connectivity index (χ1) is 10.3. The molecule has 0 saturated carbocycles. The SMILES string of the molecule is CC#C/C(=N\OCCN1CCC(NS(C)(=O)=O)CC1)C(C)C. The predicted molar refractivity (Wildman–Crippen MR) is 89.1 cm³/mol. The van der Waals surface area contributed by atoms with E-state index in [1.807, 2.05) is 13.8 Å². The Morgan fingerprint density at radius 1 is 1.41 bits per heavy atom. The van der Waals surface area contributed by atoms with Gasteiger partial charge in [0.05, 0.1) is 6.26 Å². The van der Waals surface area contributed by atoms with Gasteiger partial charge in [0.1, 0.15) is 12.3 Å². The average Bonchev–Trinajstić information content (AvgIpc) is 2.42. The third-order valence-corrected chi connectivity index (χ3v) is 4.19. The maximum atomic E-state index is 11.2. The number of hydrogen-bond acceptors (Lipinski definition) is 5. The second-order valence-electron chi connectivity index (χ2n) is 5.85. The molecule has 6 nitrogen and oxygen atoms in total. The highest BCUT2D eigenvalue weighted by Gasteiger charge is 2.21. The van der Waals surface area contributed by atoms with E-state index in [0.29, 0.717) is 6.61 Å². The fourth-order valence-electron chi connectivity index (χ4n) is 2.26. The van der Waals surface area contributed by atoms with Gasteiger partial charge in [-0.2, -0.15) is 0 Å². The molecule has 0 aromatic heterocycles. The standard InChI is InChI=1S/C15H27N3O3S/c1-5-6-15(13(2)3)16-21-12-11-18-9-7-14(8-10-18)17-22(4,19)20/h13-14,17H,7-12H2,1-4H3/b16-15+. The highest BCUT2D eigenvalue weighted by molar-refractivity contribution is 7.88. The van der Waals surface area contributed by atoms with Gasteiger partial charge in [-0.15, -0.1) is 0 Å². The summed E-state index contributed by atoms with van der Waals surface area (Å²) < 4.78 is 25.1. The molecule has 1 heterocycles. The summed E-state index contributed by atoms with van der Waals surface area (Å²) in [6, 6.07) is 0.0533. The van der Waals surface area contributed by atoms with Crippen LogP contribution < -0.4 is 4.72 Å². The van der Waals surface area contributed by atoms with Crippen LogP contribution in [0.4, 0.5) is 0 Å². The molecule has 126 valence electrons. The molecule has 1 saturated heterocycles. The van der Waals surface area contributed by atoms with Gasteiger partial charge in [0.15, 0.2) is 0 Å². The van der Waals surface area contributed by atoms with Gasteiger partial charge >= 0.3 is 0 Å². The van der Waals surface area contributed by atoms with E-state index >= 15 is 0 Å². The van der Waals surface area contributed by atoms with Gasteiger partial charge in [0.25, 0.3) is 0 Å². The van der Waals surface area contributed by atoms with Crippen molar-refractivity contribution in [3.8, 4) is 11.8 Å². The van der Waals surface area contributed by atoms with Gasteiger partial charge in [-0.25, -0.2) is 13.1 Å². The summed E-state index contributed by atoms with van der Waals surface area (Å²) in [7, 11) is -3.11. The van der Waals surface area contributed by atoms with E-state index in [0.717, 1.165) is 38.2 Å². The maximum absolute atomic E-state index is 11.2. The third-order valence-electron chi connectivity index (χ3n) is 3.43. The van der Waals surface area contributed by atoms with Gasteiger partial charge in [-0.05, 0) is 38.8 Å². The van der Waals surface area contributed by atoms with E-state index in [9.17, 15) is 8.42 Å². The maximum Gasteiger partial charge on any atom is 0.208 e. The quantitative estimate of drug-likeness (QED) is 0.328. The third kappa shape index (κ3) is 7.78. The van der Waals surface area contributed by atoms with Crippen LogP contribution in [0, 0.1) is 17.8 Å². The van der Waals surface area contributed by atoms with Crippen molar-refractivity contribution < 1.29 is 13.3 Å². The lowest BCUT2D eigenvalue weighted by molar-refractivity contribution is 0.0982. The molecule has 1 N–H and O–H groups in total. The van der Waals surface area contributed by atoms with Crippen LogP contribution in [-0.2, 0) is 14.9 Å². The highest BCUT2D eigenvalue weighted by atomic mass is 32.2.